The number of H-pyrrole nitrogens is 1. The van der Waals surface area contributed by atoms with Crippen molar-refractivity contribution in [2.24, 2.45) is 11.3 Å². The number of nitrogens with one attached hydrogen (secondary N) is 3. The summed E-state index contributed by atoms with van der Waals surface area (Å²) in [5.74, 6) is -1.08. The van der Waals surface area contributed by atoms with Crippen LogP contribution in [0.1, 0.15) is 26.0 Å². The lowest BCUT2D eigenvalue weighted by Crippen LogP contribution is -2.52. The van der Waals surface area contributed by atoms with Crippen molar-refractivity contribution in [1.29, 1.82) is 0 Å². The molecular formula is C14H22N4O3. The zero-order chi connectivity index (χ0) is 15.5. The molecule has 0 aromatic carbocycles. The van der Waals surface area contributed by atoms with Gasteiger partial charge in [0.15, 0.2) is 0 Å². The van der Waals surface area contributed by atoms with Crippen LogP contribution in [0.5, 0.6) is 0 Å². The molecule has 4 N–H and O–H groups in total. The number of aromatic amines is 1. The van der Waals surface area contributed by atoms with E-state index in [2.05, 4.69) is 20.6 Å². The number of carbonyl (C=O) groups excluding carboxylic acids is 1. The summed E-state index contributed by atoms with van der Waals surface area (Å²) in [6.07, 6.45) is 3.99. The third-order valence-corrected chi connectivity index (χ3v) is 4.33. The Morgan fingerprint density at radius 2 is 2.29 bits per heavy atom. The van der Waals surface area contributed by atoms with Gasteiger partial charge in [-0.15, -0.1) is 0 Å². The maximum Gasteiger partial charge on any atom is 0.326 e. The zero-order valence-corrected chi connectivity index (χ0v) is 12.3. The highest BCUT2D eigenvalue weighted by atomic mass is 16.4. The molecular weight excluding hydrogens is 272 g/mol. The molecule has 1 saturated heterocycles. The van der Waals surface area contributed by atoms with Crippen LogP contribution < -0.4 is 10.6 Å². The monoisotopic (exact) mass is 294 g/mol. The van der Waals surface area contributed by atoms with Gasteiger partial charge in [0.05, 0.1) is 11.7 Å². The molecule has 7 nitrogen and oxygen atoms in total. The fourth-order valence-electron chi connectivity index (χ4n) is 2.78. The Hall–Kier alpha value is -1.89. The number of rotatable bonds is 6. The van der Waals surface area contributed by atoms with Crippen LogP contribution in [0.4, 0.5) is 0 Å². The summed E-state index contributed by atoms with van der Waals surface area (Å²) in [4.78, 5) is 30.7. The summed E-state index contributed by atoms with van der Waals surface area (Å²) in [5, 5.41) is 15.2. The van der Waals surface area contributed by atoms with E-state index in [1.165, 1.54) is 6.33 Å². The Bertz CT molecular complexity index is 492. The minimum absolute atomic E-state index is 0.147. The third kappa shape index (κ3) is 3.24. The van der Waals surface area contributed by atoms with E-state index in [9.17, 15) is 14.7 Å². The molecule has 1 aliphatic rings. The van der Waals surface area contributed by atoms with Gasteiger partial charge in [-0.3, -0.25) is 4.79 Å². The second-order valence-electron chi connectivity index (χ2n) is 5.88. The van der Waals surface area contributed by atoms with Crippen molar-refractivity contribution >= 4 is 11.9 Å². The summed E-state index contributed by atoms with van der Waals surface area (Å²) in [6.45, 7) is 5.37. The average molecular weight is 294 g/mol. The van der Waals surface area contributed by atoms with Gasteiger partial charge in [-0.05, 0) is 18.9 Å². The van der Waals surface area contributed by atoms with Crippen molar-refractivity contribution in [3.05, 3.63) is 18.2 Å². The molecule has 21 heavy (non-hydrogen) atoms. The van der Waals surface area contributed by atoms with Gasteiger partial charge >= 0.3 is 5.97 Å². The number of nitrogens with zero attached hydrogens (tertiary/aromatic N) is 1. The van der Waals surface area contributed by atoms with Crippen LogP contribution in [0.3, 0.4) is 0 Å². The van der Waals surface area contributed by atoms with Gasteiger partial charge in [0.2, 0.25) is 5.91 Å². The molecule has 0 radical (unpaired) electrons. The highest BCUT2D eigenvalue weighted by Crippen LogP contribution is 2.34. The smallest absolute Gasteiger partial charge is 0.326 e. The quantitative estimate of drug-likeness (QED) is 0.598. The molecule has 2 atom stereocenters. The number of hydrogen-bond donors (Lipinski definition) is 4. The molecule has 1 aliphatic heterocycles. The van der Waals surface area contributed by atoms with E-state index in [-0.39, 0.29) is 18.2 Å². The molecule has 2 rings (SSSR count). The third-order valence-electron chi connectivity index (χ3n) is 4.33. The maximum absolute atomic E-state index is 12.6. The summed E-state index contributed by atoms with van der Waals surface area (Å²) in [7, 11) is 0. The number of amides is 1. The van der Waals surface area contributed by atoms with E-state index >= 15 is 0 Å². The van der Waals surface area contributed by atoms with Crippen LogP contribution in [0, 0.1) is 11.3 Å². The molecule has 2 heterocycles. The van der Waals surface area contributed by atoms with Gasteiger partial charge in [-0.2, -0.15) is 0 Å². The first kappa shape index (κ1) is 15.5. The molecule has 1 aromatic rings. The second-order valence-corrected chi connectivity index (χ2v) is 5.88. The highest BCUT2D eigenvalue weighted by molar-refractivity contribution is 5.88. The Labute approximate surface area is 123 Å². The lowest BCUT2D eigenvalue weighted by Gasteiger charge is -2.32. The second kappa shape index (κ2) is 6.26. The summed E-state index contributed by atoms with van der Waals surface area (Å²) in [5.41, 5.74) is 0.160. The number of carboxylic acids is 1. The van der Waals surface area contributed by atoms with Gasteiger partial charge in [0.1, 0.15) is 6.04 Å². The Morgan fingerprint density at radius 3 is 2.76 bits per heavy atom. The first-order chi connectivity index (χ1) is 9.95. The van der Waals surface area contributed by atoms with Crippen LogP contribution in [0.15, 0.2) is 12.5 Å². The fraction of sp³-hybridized carbons (Fsp3) is 0.643. The molecule has 1 unspecified atom stereocenters. The van der Waals surface area contributed by atoms with E-state index in [4.69, 9.17) is 0 Å². The van der Waals surface area contributed by atoms with Gasteiger partial charge in [0.25, 0.3) is 0 Å². The lowest BCUT2D eigenvalue weighted by molar-refractivity contribution is -0.144. The number of aliphatic carboxylic acids is 1. The van der Waals surface area contributed by atoms with Crippen LogP contribution in [-0.2, 0) is 16.0 Å². The Balaban J connectivity index is 2.09. The van der Waals surface area contributed by atoms with Crippen LogP contribution in [-0.4, -0.2) is 46.1 Å². The van der Waals surface area contributed by atoms with E-state index in [0.29, 0.717) is 12.2 Å². The van der Waals surface area contributed by atoms with Crippen molar-refractivity contribution in [2.75, 3.05) is 13.1 Å². The standard InChI is InChI=1S/C14H22N4O3/c1-9(2)14(3-4-15-7-14)13(21)18-11(12(19)20)5-10-6-16-8-17-10/h6,8-9,11,15H,3-5,7H2,1-2H3,(H,16,17)(H,18,21)(H,19,20)/t11-,14?/m1/s1. The van der Waals surface area contributed by atoms with Crippen molar-refractivity contribution in [3.63, 3.8) is 0 Å². The van der Waals surface area contributed by atoms with Gasteiger partial charge in [0, 0.05) is 24.9 Å². The molecule has 116 valence electrons. The molecule has 1 amide bonds. The molecule has 1 fully saturated rings. The highest BCUT2D eigenvalue weighted by Gasteiger charge is 2.44. The first-order valence-electron chi connectivity index (χ1n) is 7.17. The number of carbonyl (C=O) groups is 2. The molecule has 7 heteroatoms. The van der Waals surface area contributed by atoms with Gasteiger partial charge in [-0.1, -0.05) is 13.8 Å². The summed E-state index contributed by atoms with van der Waals surface area (Å²) < 4.78 is 0. The maximum atomic E-state index is 12.6. The first-order valence-corrected chi connectivity index (χ1v) is 7.17. The van der Waals surface area contributed by atoms with E-state index in [1.807, 2.05) is 13.8 Å². The molecule has 1 aromatic heterocycles. The minimum atomic E-state index is -1.04. The zero-order valence-electron chi connectivity index (χ0n) is 12.3. The number of hydrogen-bond acceptors (Lipinski definition) is 4. The Morgan fingerprint density at radius 1 is 1.52 bits per heavy atom. The van der Waals surface area contributed by atoms with E-state index < -0.39 is 17.4 Å². The predicted molar refractivity (Wildman–Crippen MR) is 76.6 cm³/mol. The van der Waals surface area contributed by atoms with Crippen molar-refractivity contribution in [2.45, 2.75) is 32.7 Å². The normalized spacial score (nSPS) is 23.2. The number of imidazole rings is 1. The van der Waals surface area contributed by atoms with Crippen molar-refractivity contribution in [1.82, 2.24) is 20.6 Å². The Kier molecular flexibility index (Phi) is 4.62. The van der Waals surface area contributed by atoms with Crippen LogP contribution in [0.25, 0.3) is 0 Å². The minimum Gasteiger partial charge on any atom is -0.480 e. The fourth-order valence-corrected chi connectivity index (χ4v) is 2.78. The SMILES string of the molecule is CC(C)C1(C(=O)N[C@H](Cc2cnc[nH]2)C(=O)O)CCNC1. The van der Waals surface area contributed by atoms with E-state index in [0.717, 1.165) is 13.0 Å². The largest absolute Gasteiger partial charge is 0.480 e. The van der Waals surface area contributed by atoms with Gasteiger partial charge in [-0.25, -0.2) is 9.78 Å². The van der Waals surface area contributed by atoms with Crippen molar-refractivity contribution in [3.8, 4) is 0 Å². The number of aromatic nitrogens is 2. The number of carboxylic acid groups (broad SMARTS) is 1. The van der Waals surface area contributed by atoms with Crippen molar-refractivity contribution < 1.29 is 14.7 Å². The topological polar surface area (TPSA) is 107 Å². The van der Waals surface area contributed by atoms with Crippen LogP contribution in [0.2, 0.25) is 0 Å². The van der Waals surface area contributed by atoms with Crippen LogP contribution >= 0.6 is 0 Å². The lowest BCUT2D eigenvalue weighted by atomic mass is 9.75. The molecule has 0 spiro atoms. The predicted octanol–water partition coefficient (Wildman–Crippen LogP) is 0.157. The van der Waals surface area contributed by atoms with E-state index in [1.54, 1.807) is 6.20 Å². The summed E-state index contributed by atoms with van der Waals surface area (Å²) >= 11 is 0. The summed E-state index contributed by atoms with van der Waals surface area (Å²) in [6, 6.07) is -0.950. The molecule has 0 bridgehead atoms. The van der Waals surface area contributed by atoms with Gasteiger partial charge < -0.3 is 20.7 Å². The molecule has 0 saturated carbocycles. The average Bonchev–Trinajstić information content (AvgIpc) is 3.09. The molecule has 0 aliphatic carbocycles.